The highest BCUT2D eigenvalue weighted by molar-refractivity contribution is 7.80. The van der Waals surface area contributed by atoms with E-state index in [1.807, 2.05) is 37.3 Å². The van der Waals surface area contributed by atoms with Gasteiger partial charge in [-0.1, -0.05) is 6.07 Å². The first-order chi connectivity index (χ1) is 9.63. The Kier molecular flexibility index (Phi) is 3.44. The van der Waals surface area contributed by atoms with Crippen LogP contribution in [0.15, 0.2) is 41.4 Å². The molecule has 0 aliphatic heterocycles. The average Bonchev–Trinajstić information content (AvgIpc) is 3.19. The third-order valence-electron chi connectivity index (χ3n) is 3.39. The molecule has 1 fully saturated rings. The van der Waals surface area contributed by atoms with E-state index >= 15 is 0 Å². The molecule has 1 aromatic heterocycles. The van der Waals surface area contributed by atoms with Crippen LogP contribution in [0.3, 0.4) is 0 Å². The first-order valence-corrected chi connectivity index (χ1v) is 6.97. The van der Waals surface area contributed by atoms with Gasteiger partial charge in [0.1, 0.15) is 5.82 Å². The number of rotatable bonds is 3. The fraction of sp³-hybridized carbons (Fsp3) is 0.267. The van der Waals surface area contributed by atoms with Gasteiger partial charge in [0.2, 0.25) is 5.91 Å². The number of hydrogen-bond donors (Lipinski definition) is 2. The van der Waals surface area contributed by atoms with Gasteiger partial charge in [0.15, 0.2) is 0 Å². The van der Waals surface area contributed by atoms with Crippen LogP contribution >= 0.6 is 12.6 Å². The summed E-state index contributed by atoms with van der Waals surface area (Å²) in [7, 11) is 0. The van der Waals surface area contributed by atoms with Gasteiger partial charge in [-0.3, -0.25) is 4.79 Å². The Labute approximate surface area is 123 Å². The number of carbonyl (C=O) groups excluding carboxylic acids is 1. The normalized spacial score (nSPS) is 20.5. The summed E-state index contributed by atoms with van der Waals surface area (Å²) in [4.78, 5) is 21.6. The number of nitrogens with zero attached hydrogens (tertiary/aromatic N) is 2. The van der Waals surface area contributed by atoms with Crippen molar-refractivity contribution in [2.24, 2.45) is 5.92 Å². The Hall–Kier alpha value is -1.88. The average molecular weight is 285 g/mol. The molecule has 0 saturated heterocycles. The second-order valence-electron chi connectivity index (χ2n) is 5.04. The van der Waals surface area contributed by atoms with E-state index in [0.717, 1.165) is 28.5 Å². The van der Waals surface area contributed by atoms with Crippen LogP contribution < -0.4 is 5.32 Å². The molecule has 0 bridgehead atoms. The lowest BCUT2D eigenvalue weighted by molar-refractivity contribution is -0.117. The molecule has 102 valence electrons. The number of benzene rings is 1. The Morgan fingerprint density at radius 2 is 2.25 bits per heavy atom. The molecular weight excluding hydrogens is 270 g/mol. The highest BCUT2D eigenvalue weighted by Gasteiger charge is 2.46. The van der Waals surface area contributed by atoms with Gasteiger partial charge >= 0.3 is 0 Å². The number of thiol groups is 1. The van der Waals surface area contributed by atoms with Gasteiger partial charge in [0, 0.05) is 34.3 Å². The Morgan fingerprint density at radius 1 is 1.40 bits per heavy atom. The second-order valence-corrected chi connectivity index (χ2v) is 5.56. The molecule has 1 N–H and O–H groups in total. The molecule has 1 aliphatic rings. The number of carbonyl (C=O) groups is 1. The van der Waals surface area contributed by atoms with Crippen LogP contribution in [-0.2, 0) is 4.79 Å². The van der Waals surface area contributed by atoms with Crippen LogP contribution in [0.25, 0.3) is 0 Å². The van der Waals surface area contributed by atoms with Gasteiger partial charge in [0.05, 0.1) is 0 Å². The number of hydrogen-bond acceptors (Lipinski definition) is 4. The number of nitrogens with one attached hydrogen (secondary N) is 1. The molecule has 1 heterocycles. The number of aromatic nitrogens is 2. The van der Waals surface area contributed by atoms with E-state index in [-0.39, 0.29) is 17.7 Å². The van der Waals surface area contributed by atoms with Crippen molar-refractivity contribution in [2.75, 3.05) is 5.32 Å². The van der Waals surface area contributed by atoms with Crippen LogP contribution in [0.4, 0.5) is 5.69 Å². The zero-order valence-electron chi connectivity index (χ0n) is 11.1. The zero-order valence-corrected chi connectivity index (χ0v) is 12.0. The van der Waals surface area contributed by atoms with Crippen molar-refractivity contribution in [3.8, 4) is 0 Å². The molecule has 1 aliphatic carbocycles. The first-order valence-electron chi connectivity index (χ1n) is 6.53. The first kappa shape index (κ1) is 13.1. The van der Waals surface area contributed by atoms with Gasteiger partial charge in [-0.15, -0.1) is 12.6 Å². The summed E-state index contributed by atoms with van der Waals surface area (Å²) in [5, 5.41) is 2.92. The van der Waals surface area contributed by atoms with Crippen molar-refractivity contribution in [1.29, 1.82) is 0 Å². The van der Waals surface area contributed by atoms with E-state index < -0.39 is 0 Å². The molecule has 0 radical (unpaired) electrons. The molecule has 20 heavy (non-hydrogen) atoms. The minimum absolute atomic E-state index is 0.0269. The van der Waals surface area contributed by atoms with E-state index in [2.05, 4.69) is 27.9 Å². The Balaban J connectivity index is 1.66. The van der Waals surface area contributed by atoms with E-state index in [1.54, 1.807) is 6.20 Å². The smallest absolute Gasteiger partial charge is 0.228 e. The summed E-state index contributed by atoms with van der Waals surface area (Å²) < 4.78 is 0. The van der Waals surface area contributed by atoms with Gasteiger partial charge in [0.25, 0.3) is 0 Å². The van der Waals surface area contributed by atoms with Crippen molar-refractivity contribution in [2.45, 2.75) is 24.2 Å². The van der Waals surface area contributed by atoms with Crippen molar-refractivity contribution >= 4 is 24.2 Å². The summed E-state index contributed by atoms with van der Waals surface area (Å²) in [5.41, 5.74) is 1.71. The molecule has 1 unspecified atom stereocenters. The number of anilines is 1. The summed E-state index contributed by atoms with van der Waals surface area (Å²) in [6.07, 6.45) is 2.56. The maximum Gasteiger partial charge on any atom is 0.228 e. The van der Waals surface area contributed by atoms with E-state index in [9.17, 15) is 4.79 Å². The summed E-state index contributed by atoms with van der Waals surface area (Å²) >= 11 is 4.26. The molecule has 0 spiro atoms. The van der Waals surface area contributed by atoms with Crippen LogP contribution in [-0.4, -0.2) is 15.9 Å². The van der Waals surface area contributed by atoms with E-state index in [0.29, 0.717) is 0 Å². The quantitative estimate of drug-likeness (QED) is 0.853. The summed E-state index contributed by atoms with van der Waals surface area (Å²) in [6.45, 7) is 1.93. The Morgan fingerprint density at radius 3 is 3.00 bits per heavy atom. The number of aryl methyl sites for hydroxylation is 1. The van der Waals surface area contributed by atoms with Crippen molar-refractivity contribution < 1.29 is 4.79 Å². The minimum Gasteiger partial charge on any atom is -0.326 e. The summed E-state index contributed by atoms with van der Waals surface area (Å²) in [5.74, 6) is 0.918. The predicted molar refractivity (Wildman–Crippen MR) is 79.9 cm³/mol. The minimum atomic E-state index is -0.0274. The van der Waals surface area contributed by atoms with Crippen molar-refractivity contribution in [1.82, 2.24) is 9.97 Å². The maximum absolute atomic E-state index is 12.2. The predicted octanol–water partition coefficient (Wildman–Crippen LogP) is 2.82. The number of amides is 1. The third-order valence-corrected chi connectivity index (χ3v) is 3.66. The topological polar surface area (TPSA) is 54.9 Å². The van der Waals surface area contributed by atoms with Crippen LogP contribution in [0.1, 0.15) is 23.9 Å². The largest absolute Gasteiger partial charge is 0.326 e. The van der Waals surface area contributed by atoms with E-state index in [4.69, 9.17) is 0 Å². The van der Waals surface area contributed by atoms with Gasteiger partial charge in [-0.2, -0.15) is 0 Å². The molecule has 2 atom stereocenters. The molecule has 4 nitrogen and oxygen atoms in total. The lowest BCUT2D eigenvalue weighted by Gasteiger charge is -2.05. The van der Waals surface area contributed by atoms with Crippen LogP contribution in [0, 0.1) is 12.8 Å². The van der Waals surface area contributed by atoms with Gasteiger partial charge < -0.3 is 5.32 Å². The molecule has 1 amide bonds. The van der Waals surface area contributed by atoms with Crippen LogP contribution in [0.5, 0.6) is 0 Å². The molecule has 5 heteroatoms. The second kappa shape index (κ2) is 5.25. The third kappa shape index (κ3) is 2.82. The highest BCUT2D eigenvalue weighted by Crippen LogP contribution is 2.46. The van der Waals surface area contributed by atoms with Crippen LogP contribution in [0.2, 0.25) is 0 Å². The van der Waals surface area contributed by atoms with E-state index in [1.165, 1.54) is 0 Å². The molecule has 3 rings (SSSR count). The lowest BCUT2D eigenvalue weighted by atomic mass is 10.2. The molecule has 1 aromatic carbocycles. The van der Waals surface area contributed by atoms with Gasteiger partial charge in [-0.05, 0) is 37.6 Å². The fourth-order valence-corrected chi connectivity index (χ4v) is 2.46. The fourth-order valence-electron chi connectivity index (χ4n) is 2.24. The maximum atomic E-state index is 12.2. The molecule has 1 saturated carbocycles. The van der Waals surface area contributed by atoms with Crippen molar-refractivity contribution in [3.05, 3.63) is 48.0 Å². The highest BCUT2D eigenvalue weighted by atomic mass is 32.1. The zero-order chi connectivity index (χ0) is 14.1. The monoisotopic (exact) mass is 285 g/mol. The Bertz CT molecular complexity index is 659. The lowest BCUT2D eigenvalue weighted by Crippen LogP contribution is -2.15. The van der Waals surface area contributed by atoms with Gasteiger partial charge in [-0.25, -0.2) is 9.97 Å². The standard InChI is InChI=1S/C15H15N3OS/c1-9-5-6-16-14(17-9)12-8-13(12)15(19)18-10-3-2-4-11(20)7-10/h2-7,12-13,20H,8H2,1H3,(H,18,19)/t12?,13-/m0/s1. The summed E-state index contributed by atoms with van der Waals surface area (Å²) in [6, 6.07) is 9.30. The van der Waals surface area contributed by atoms with Crippen molar-refractivity contribution in [3.63, 3.8) is 0 Å². The molecular formula is C15H15N3OS. The SMILES string of the molecule is Cc1ccnc(C2C[C@@H]2C(=O)Nc2cccc(S)c2)n1. The molecule has 2 aromatic rings.